The van der Waals surface area contributed by atoms with E-state index in [0.717, 1.165) is 16.9 Å². The first kappa shape index (κ1) is 18.3. The average molecular weight is 343 g/mol. The number of carboxylic acid groups (broad SMARTS) is 1. The molecule has 0 aliphatic rings. The third kappa shape index (κ3) is 6.55. The van der Waals surface area contributed by atoms with Crippen LogP contribution in [0.5, 0.6) is 11.5 Å². The average Bonchev–Trinajstić information content (AvgIpc) is 2.61. The van der Waals surface area contributed by atoms with Crippen LogP contribution in [-0.2, 0) is 22.4 Å². The van der Waals surface area contributed by atoms with E-state index in [2.05, 4.69) is 5.32 Å². The van der Waals surface area contributed by atoms with Crippen molar-refractivity contribution in [3.63, 3.8) is 0 Å². The first-order valence-electron chi connectivity index (χ1n) is 7.90. The number of carbonyl (C=O) groups is 2. The van der Waals surface area contributed by atoms with Crippen LogP contribution < -0.4 is 14.8 Å². The second kappa shape index (κ2) is 9.32. The molecule has 0 radical (unpaired) electrons. The van der Waals surface area contributed by atoms with Gasteiger partial charge in [0.2, 0.25) is 5.91 Å². The Balaban J connectivity index is 1.72. The molecule has 0 bridgehead atoms. The molecule has 132 valence electrons. The van der Waals surface area contributed by atoms with Crippen LogP contribution in [-0.4, -0.2) is 37.2 Å². The highest BCUT2D eigenvalue weighted by atomic mass is 16.5. The molecule has 0 saturated heterocycles. The Morgan fingerprint density at radius 3 is 2.16 bits per heavy atom. The number of benzene rings is 2. The lowest BCUT2D eigenvalue weighted by atomic mass is 10.1. The van der Waals surface area contributed by atoms with Crippen LogP contribution in [0.4, 0.5) is 0 Å². The molecule has 0 saturated carbocycles. The summed E-state index contributed by atoms with van der Waals surface area (Å²) < 4.78 is 10.2. The van der Waals surface area contributed by atoms with Crippen molar-refractivity contribution in [2.45, 2.75) is 12.8 Å². The lowest BCUT2D eigenvalue weighted by molar-refractivity contribution is -0.139. The fraction of sp³-hybridized carbons (Fsp3) is 0.263. The Bertz CT molecular complexity index is 695. The van der Waals surface area contributed by atoms with E-state index in [9.17, 15) is 9.59 Å². The van der Waals surface area contributed by atoms with E-state index in [4.69, 9.17) is 14.6 Å². The van der Waals surface area contributed by atoms with Gasteiger partial charge in [-0.15, -0.1) is 0 Å². The Kier molecular flexibility index (Phi) is 6.83. The van der Waals surface area contributed by atoms with Crippen molar-refractivity contribution in [1.82, 2.24) is 5.32 Å². The van der Waals surface area contributed by atoms with Crippen LogP contribution in [0, 0.1) is 0 Å². The standard InChI is InChI=1S/C19H21NO5/c1-24-16-6-4-15(5-7-16)12-18(21)20-11-10-14-2-8-17(9-3-14)25-13-19(22)23/h2-9H,10-13H2,1H3,(H,20,21)(H,22,23). The van der Waals surface area contributed by atoms with Crippen LogP contribution in [0.1, 0.15) is 11.1 Å². The zero-order valence-corrected chi connectivity index (χ0v) is 14.0. The summed E-state index contributed by atoms with van der Waals surface area (Å²) in [5.41, 5.74) is 1.96. The number of rotatable bonds is 9. The first-order chi connectivity index (χ1) is 12.1. The van der Waals surface area contributed by atoms with E-state index in [1.807, 2.05) is 36.4 Å². The molecule has 1 amide bonds. The monoisotopic (exact) mass is 343 g/mol. The number of methoxy groups -OCH3 is 1. The highest BCUT2D eigenvalue weighted by Gasteiger charge is 2.04. The molecule has 0 heterocycles. The number of carboxylic acids is 1. The maximum Gasteiger partial charge on any atom is 0.341 e. The van der Waals surface area contributed by atoms with E-state index < -0.39 is 5.97 Å². The first-order valence-corrected chi connectivity index (χ1v) is 7.90. The number of amides is 1. The second-order valence-electron chi connectivity index (χ2n) is 5.45. The van der Waals surface area contributed by atoms with Crippen LogP contribution in [0.3, 0.4) is 0 Å². The van der Waals surface area contributed by atoms with E-state index in [0.29, 0.717) is 25.1 Å². The summed E-state index contributed by atoms with van der Waals surface area (Å²) in [6.07, 6.45) is 1.01. The number of ether oxygens (including phenoxy) is 2. The molecule has 0 aliphatic heterocycles. The summed E-state index contributed by atoms with van der Waals surface area (Å²) in [7, 11) is 1.60. The van der Waals surface area contributed by atoms with Gasteiger partial charge < -0.3 is 19.9 Å². The number of aliphatic carboxylic acids is 1. The van der Waals surface area contributed by atoms with Crippen molar-refractivity contribution < 1.29 is 24.2 Å². The molecular formula is C19H21NO5. The van der Waals surface area contributed by atoms with Gasteiger partial charge in [0, 0.05) is 6.54 Å². The van der Waals surface area contributed by atoms with Crippen molar-refractivity contribution in [1.29, 1.82) is 0 Å². The molecule has 25 heavy (non-hydrogen) atoms. The SMILES string of the molecule is COc1ccc(CC(=O)NCCc2ccc(OCC(=O)O)cc2)cc1. The summed E-state index contributed by atoms with van der Waals surface area (Å²) in [6, 6.07) is 14.5. The van der Waals surface area contributed by atoms with Gasteiger partial charge in [-0.1, -0.05) is 24.3 Å². The van der Waals surface area contributed by atoms with Crippen molar-refractivity contribution in [3.8, 4) is 11.5 Å². The number of hydrogen-bond acceptors (Lipinski definition) is 4. The Morgan fingerprint density at radius 2 is 1.56 bits per heavy atom. The van der Waals surface area contributed by atoms with Gasteiger partial charge in [0.25, 0.3) is 0 Å². The van der Waals surface area contributed by atoms with E-state index in [1.54, 1.807) is 19.2 Å². The van der Waals surface area contributed by atoms with Crippen molar-refractivity contribution in [3.05, 3.63) is 59.7 Å². The van der Waals surface area contributed by atoms with Crippen LogP contribution in [0.15, 0.2) is 48.5 Å². The molecule has 2 rings (SSSR count). The molecule has 0 unspecified atom stereocenters. The number of hydrogen-bond donors (Lipinski definition) is 2. The zero-order valence-electron chi connectivity index (χ0n) is 14.0. The summed E-state index contributed by atoms with van der Waals surface area (Å²) in [4.78, 5) is 22.4. The molecule has 2 aromatic carbocycles. The highest BCUT2D eigenvalue weighted by molar-refractivity contribution is 5.78. The largest absolute Gasteiger partial charge is 0.497 e. The summed E-state index contributed by atoms with van der Waals surface area (Å²) in [6.45, 7) is 0.172. The molecule has 0 spiro atoms. The molecule has 2 aromatic rings. The van der Waals surface area contributed by atoms with Gasteiger partial charge in [0.15, 0.2) is 6.61 Å². The fourth-order valence-corrected chi connectivity index (χ4v) is 2.23. The van der Waals surface area contributed by atoms with Gasteiger partial charge >= 0.3 is 5.97 Å². The van der Waals surface area contributed by atoms with Crippen molar-refractivity contribution >= 4 is 11.9 Å². The predicted molar refractivity (Wildman–Crippen MR) is 93.0 cm³/mol. The minimum atomic E-state index is -1.01. The van der Waals surface area contributed by atoms with Gasteiger partial charge in [-0.05, 0) is 41.8 Å². The molecule has 0 fully saturated rings. The van der Waals surface area contributed by atoms with Gasteiger partial charge in [0.05, 0.1) is 13.5 Å². The zero-order chi connectivity index (χ0) is 18.1. The topological polar surface area (TPSA) is 84.9 Å². The molecule has 2 N–H and O–H groups in total. The van der Waals surface area contributed by atoms with E-state index in [1.165, 1.54) is 0 Å². The Labute approximate surface area is 146 Å². The fourth-order valence-electron chi connectivity index (χ4n) is 2.23. The smallest absolute Gasteiger partial charge is 0.341 e. The maximum atomic E-state index is 11.9. The minimum Gasteiger partial charge on any atom is -0.497 e. The minimum absolute atomic E-state index is 0.0356. The molecule has 0 aliphatic carbocycles. The van der Waals surface area contributed by atoms with Gasteiger partial charge in [-0.25, -0.2) is 4.79 Å². The van der Waals surface area contributed by atoms with Crippen LogP contribution in [0.25, 0.3) is 0 Å². The summed E-state index contributed by atoms with van der Waals surface area (Å²) in [5.74, 6) is 0.227. The van der Waals surface area contributed by atoms with E-state index >= 15 is 0 Å². The Morgan fingerprint density at radius 1 is 0.960 bits per heavy atom. The summed E-state index contributed by atoms with van der Waals surface area (Å²) in [5, 5.41) is 11.4. The summed E-state index contributed by atoms with van der Waals surface area (Å²) >= 11 is 0. The van der Waals surface area contributed by atoms with Crippen molar-refractivity contribution in [2.75, 3.05) is 20.3 Å². The van der Waals surface area contributed by atoms with Gasteiger partial charge in [-0.2, -0.15) is 0 Å². The normalized spacial score (nSPS) is 10.1. The molecule has 6 heteroatoms. The second-order valence-corrected chi connectivity index (χ2v) is 5.45. The third-order valence-corrected chi connectivity index (χ3v) is 3.55. The quantitative estimate of drug-likeness (QED) is 0.728. The van der Waals surface area contributed by atoms with Gasteiger partial charge in [0.1, 0.15) is 11.5 Å². The Hall–Kier alpha value is -3.02. The predicted octanol–water partition coefficient (Wildman–Crippen LogP) is 2.06. The number of nitrogens with one attached hydrogen (secondary N) is 1. The lowest BCUT2D eigenvalue weighted by Crippen LogP contribution is -2.27. The van der Waals surface area contributed by atoms with Gasteiger partial charge in [-0.3, -0.25) is 4.79 Å². The third-order valence-electron chi connectivity index (χ3n) is 3.55. The lowest BCUT2D eigenvalue weighted by Gasteiger charge is -2.07. The maximum absolute atomic E-state index is 11.9. The number of carbonyl (C=O) groups excluding carboxylic acids is 1. The van der Waals surface area contributed by atoms with Crippen LogP contribution >= 0.6 is 0 Å². The highest BCUT2D eigenvalue weighted by Crippen LogP contribution is 2.13. The molecule has 6 nitrogen and oxygen atoms in total. The molecule has 0 atom stereocenters. The van der Waals surface area contributed by atoms with Crippen molar-refractivity contribution in [2.24, 2.45) is 0 Å². The van der Waals surface area contributed by atoms with Crippen LogP contribution in [0.2, 0.25) is 0 Å². The molecular weight excluding hydrogens is 322 g/mol. The van der Waals surface area contributed by atoms with E-state index in [-0.39, 0.29) is 12.5 Å². The molecule has 0 aromatic heterocycles.